The highest BCUT2D eigenvalue weighted by Crippen LogP contribution is 2.66. The molecule has 4 saturated carbocycles. The van der Waals surface area contributed by atoms with Gasteiger partial charge < -0.3 is 10.2 Å². The van der Waals surface area contributed by atoms with E-state index in [-0.39, 0.29) is 11.5 Å². The summed E-state index contributed by atoms with van der Waals surface area (Å²) in [4.78, 5) is 11.9. The number of carbonyl (C=O) groups is 1. The maximum Gasteiger partial charge on any atom is 0.133 e. The van der Waals surface area contributed by atoms with Crippen molar-refractivity contribution in [1.29, 1.82) is 0 Å². The summed E-state index contributed by atoms with van der Waals surface area (Å²) in [6.45, 7) is 2.45. The van der Waals surface area contributed by atoms with Gasteiger partial charge in [0.2, 0.25) is 0 Å². The van der Waals surface area contributed by atoms with Gasteiger partial charge in [0.1, 0.15) is 5.78 Å². The molecule has 0 unspecified atom stereocenters. The molecule has 0 aliphatic heterocycles. The van der Waals surface area contributed by atoms with Crippen molar-refractivity contribution in [3.8, 4) is 0 Å². The van der Waals surface area contributed by atoms with Crippen LogP contribution in [-0.2, 0) is 4.79 Å². The van der Waals surface area contributed by atoms with Gasteiger partial charge in [-0.1, -0.05) is 6.92 Å². The third kappa shape index (κ3) is 2.08. The van der Waals surface area contributed by atoms with Crippen LogP contribution < -0.4 is 0 Å². The fraction of sp³-hybridized carbons (Fsp3) is 0.850. The number of carbonyl (C=O) groups excluding carboxylic acids is 1. The Morgan fingerprint density at radius 3 is 2.70 bits per heavy atom. The molecule has 3 heteroatoms. The zero-order valence-corrected chi connectivity index (χ0v) is 14.2. The molecule has 2 N–H and O–H groups in total. The SMILES string of the molecule is C[C@]12CCC(=O)C[C@@H]1CC[C@@H]1[C@@H]2CC[C@]2(C=CO)[C@@H](O)CC[C@@H]12. The monoisotopic (exact) mass is 318 g/mol. The fourth-order valence-corrected chi connectivity index (χ4v) is 7.20. The normalized spacial score (nSPS) is 53.0. The highest BCUT2D eigenvalue weighted by molar-refractivity contribution is 5.79. The second-order valence-corrected chi connectivity index (χ2v) is 8.96. The van der Waals surface area contributed by atoms with Crippen LogP contribution in [0.2, 0.25) is 0 Å². The van der Waals surface area contributed by atoms with Gasteiger partial charge in [-0.2, -0.15) is 0 Å². The predicted molar refractivity (Wildman–Crippen MR) is 88.8 cm³/mol. The molecule has 0 aromatic heterocycles. The molecule has 0 spiro atoms. The van der Waals surface area contributed by atoms with Crippen molar-refractivity contribution in [1.82, 2.24) is 0 Å². The molecular formula is C20H30O3. The Labute approximate surface area is 139 Å². The molecule has 23 heavy (non-hydrogen) atoms. The van der Waals surface area contributed by atoms with Crippen molar-refractivity contribution in [2.45, 2.75) is 70.8 Å². The average Bonchev–Trinajstić information content (AvgIpc) is 2.86. The number of hydrogen-bond acceptors (Lipinski definition) is 3. The molecular weight excluding hydrogens is 288 g/mol. The van der Waals surface area contributed by atoms with Gasteiger partial charge in [-0.05, 0) is 80.1 Å². The summed E-state index contributed by atoms with van der Waals surface area (Å²) >= 11 is 0. The summed E-state index contributed by atoms with van der Waals surface area (Å²) in [5.41, 5.74) is 0.128. The molecule has 0 aromatic carbocycles. The van der Waals surface area contributed by atoms with Crippen LogP contribution >= 0.6 is 0 Å². The van der Waals surface area contributed by atoms with E-state index in [1.165, 1.54) is 19.1 Å². The van der Waals surface area contributed by atoms with Crippen molar-refractivity contribution in [3.05, 3.63) is 12.3 Å². The average molecular weight is 318 g/mol. The van der Waals surface area contributed by atoms with Crippen LogP contribution in [0.15, 0.2) is 12.3 Å². The van der Waals surface area contributed by atoms with Gasteiger partial charge in [0.05, 0.1) is 12.4 Å². The second kappa shape index (κ2) is 5.34. The zero-order valence-electron chi connectivity index (χ0n) is 14.2. The van der Waals surface area contributed by atoms with E-state index in [1.54, 1.807) is 0 Å². The van der Waals surface area contributed by atoms with Crippen LogP contribution in [0.4, 0.5) is 0 Å². The third-order valence-electron chi connectivity index (χ3n) is 8.41. The summed E-state index contributed by atoms with van der Waals surface area (Å²) in [5.74, 6) is 2.92. The molecule has 0 amide bonds. The summed E-state index contributed by atoms with van der Waals surface area (Å²) < 4.78 is 0. The van der Waals surface area contributed by atoms with Crippen molar-refractivity contribution >= 4 is 5.78 Å². The van der Waals surface area contributed by atoms with Crippen molar-refractivity contribution in [2.75, 3.05) is 0 Å². The Bertz CT molecular complexity index is 527. The van der Waals surface area contributed by atoms with Gasteiger partial charge in [-0.25, -0.2) is 0 Å². The van der Waals surface area contributed by atoms with Crippen LogP contribution in [-0.4, -0.2) is 22.1 Å². The zero-order chi connectivity index (χ0) is 16.2. The van der Waals surface area contributed by atoms with Crippen LogP contribution in [0, 0.1) is 34.5 Å². The minimum absolute atomic E-state index is 0.191. The minimum atomic E-state index is -0.296. The first kappa shape index (κ1) is 15.7. The number of aliphatic hydroxyl groups is 2. The molecule has 128 valence electrons. The van der Waals surface area contributed by atoms with E-state index in [4.69, 9.17) is 0 Å². The topological polar surface area (TPSA) is 57.5 Å². The van der Waals surface area contributed by atoms with E-state index in [0.29, 0.717) is 34.9 Å². The number of ketones is 1. The first-order chi connectivity index (χ1) is 11.0. The van der Waals surface area contributed by atoms with E-state index in [2.05, 4.69) is 6.92 Å². The lowest BCUT2D eigenvalue weighted by Crippen LogP contribution is -2.54. The van der Waals surface area contributed by atoms with Crippen molar-refractivity contribution in [2.24, 2.45) is 34.5 Å². The van der Waals surface area contributed by atoms with Gasteiger partial charge in [-0.3, -0.25) is 4.79 Å². The molecule has 4 aliphatic carbocycles. The number of Topliss-reactive ketones (excluding diaryl/α,β-unsaturated/α-hetero) is 1. The van der Waals surface area contributed by atoms with Crippen LogP contribution in [0.5, 0.6) is 0 Å². The van der Waals surface area contributed by atoms with Gasteiger partial charge in [0, 0.05) is 18.3 Å². The highest BCUT2D eigenvalue weighted by Gasteiger charge is 2.60. The minimum Gasteiger partial charge on any atom is -0.516 e. The maximum absolute atomic E-state index is 11.9. The Morgan fingerprint density at radius 1 is 1.09 bits per heavy atom. The standard InChI is InChI=1S/C20H30O3/c1-19-8-6-14(22)12-13(19)2-3-15-16(19)7-9-20(10-11-21)17(15)4-5-18(20)23/h10-11,13,15-18,21,23H,2-9,12H2,1H3/t13-,15+,16-,17-,18-,19-,20+/m0/s1. The molecule has 0 radical (unpaired) electrons. The Kier molecular flexibility index (Phi) is 3.64. The smallest absolute Gasteiger partial charge is 0.133 e. The molecule has 0 saturated heterocycles. The second-order valence-electron chi connectivity index (χ2n) is 8.96. The molecule has 7 atom stereocenters. The summed E-state index contributed by atoms with van der Waals surface area (Å²) in [6, 6.07) is 0. The number of hydrogen-bond donors (Lipinski definition) is 2. The summed E-state index contributed by atoms with van der Waals surface area (Å²) in [7, 11) is 0. The third-order valence-corrected chi connectivity index (χ3v) is 8.41. The molecule has 3 nitrogen and oxygen atoms in total. The van der Waals surface area contributed by atoms with E-state index < -0.39 is 0 Å². The number of aliphatic hydroxyl groups excluding tert-OH is 2. The Morgan fingerprint density at radius 2 is 1.91 bits per heavy atom. The Balaban J connectivity index is 1.66. The summed E-state index contributed by atoms with van der Waals surface area (Å²) in [5, 5.41) is 20.0. The number of fused-ring (bicyclic) bond motifs is 5. The largest absolute Gasteiger partial charge is 0.516 e. The predicted octanol–water partition coefficient (Wildman–Crippen LogP) is 4.01. The van der Waals surface area contributed by atoms with E-state index in [9.17, 15) is 15.0 Å². The van der Waals surface area contributed by atoms with Gasteiger partial charge in [-0.15, -0.1) is 0 Å². The van der Waals surface area contributed by atoms with Crippen LogP contribution in [0.1, 0.15) is 64.7 Å². The fourth-order valence-electron chi connectivity index (χ4n) is 7.20. The summed E-state index contributed by atoms with van der Waals surface area (Å²) in [6.07, 6.45) is 11.9. The molecule has 4 fully saturated rings. The highest BCUT2D eigenvalue weighted by atomic mass is 16.3. The van der Waals surface area contributed by atoms with Crippen LogP contribution in [0.3, 0.4) is 0 Å². The van der Waals surface area contributed by atoms with Gasteiger partial charge in [0.25, 0.3) is 0 Å². The molecule has 0 heterocycles. The van der Waals surface area contributed by atoms with E-state index in [0.717, 1.165) is 44.9 Å². The first-order valence-corrected chi connectivity index (χ1v) is 9.53. The molecule has 0 bridgehead atoms. The van der Waals surface area contributed by atoms with E-state index in [1.807, 2.05) is 6.08 Å². The quantitative estimate of drug-likeness (QED) is 0.718. The Hall–Kier alpha value is -0.830. The van der Waals surface area contributed by atoms with Crippen LogP contribution in [0.25, 0.3) is 0 Å². The van der Waals surface area contributed by atoms with Crippen molar-refractivity contribution < 1.29 is 15.0 Å². The lowest BCUT2D eigenvalue weighted by molar-refractivity contribution is -0.139. The lowest BCUT2D eigenvalue weighted by atomic mass is 9.45. The lowest BCUT2D eigenvalue weighted by Gasteiger charge is -2.60. The van der Waals surface area contributed by atoms with E-state index >= 15 is 0 Å². The van der Waals surface area contributed by atoms with Gasteiger partial charge >= 0.3 is 0 Å². The first-order valence-electron chi connectivity index (χ1n) is 9.53. The maximum atomic E-state index is 11.9. The molecule has 4 rings (SSSR count). The number of rotatable bonds is 1. The van der Waals surface area contributed by atoms with Gasteiger partial charge in [0.15, 0.2) is 0 Å². The van der Waals surface area contributed by atoms with Crippen molar-refractivity contribution in [3.63, 3.8) is 0 Å². The molecule has 4 aliphatic rings. The molecule has 0 aromatic rings.